The van der Waals surface area contributed by atoms with Gasteiger partial charge in [0.25, 0.3) is 5.91 Å². The first-order valence-corrected chi connectivity index (χ1v) is 9.01. The van der Waals surface area contributed by atoms with E-state index in [0.717, 1.165) is 22.9 Å². The number of thiophene rings is 1. The normalized spacial score (nSPS) is 10.5. The summed E-state index contributed by atoms with van der Waals surface area (Å²) in [5, 5.41) is 4.17. The maximum atomic E-state index is 13.5. The Morgan fingerprint density at radius 2 is 1.82 bits per heavy atom. The zero-order valence-electron chi connectivity index (χ0n) is 15.0. The van der Waals surface area contributed by atoms with Crippen LogP contribution in [0.15, 0.2) is 18.2 Å². The molecule has 0 fully saturated rings. The van der Waals surface area contributed by atoms with E-state index in [1.807, 2.05) is 19.2 Å². The first-order chi connectivity index (χ1) is 13.2. The maximum absolute atomic E-state index is 13.5. The number of aryl methyl sites for hydroxylation is 2. The molecule has 1 aromatic heterocycles. The van der Waals surface area contributed by atoms with Crippen LogP contribution < -0.4 is 10.6 Å². The monoisotopic (exact) mass is 414 g/mol. The second-order valence-electron chi connectivity index (χ2n) is 5.69. The molecule has 1 heterocycles. The molecule has 150 valence electrons. The second kappa shape index (κ2) is 9.36. The Labute approximate surface area is 162 Å². The molecule has 2 amide bonds. The summed E-state index contributed by atoms with van der Waals surface area (Å²) >= 11 is 1.28. The van der Waals surface area contributed by atoms with Crippen LogP contribution in [0.4, 0.5) is 18.9 Å². The minimum atomic E-state index is -1.72. The number of nitrogens with one attached hydrogen (secondary N) is 2. The first-order valence-electron chi connectivity index (χ1n) is 8.19. The number of hydrogen-bond donors (Lipinski definition) is 2. The average Bonchev–Trinajstić information content (AvgIpc) is 3.05. The van der Waals surface area contributed by atoms with Crippen LogP contribution in [0.1, 0.15) is 27.0 Å². The van der Waals surface area contributed by atoms with Crippen molar-refractivity contribution in [1.29, 1.82) is 0 Å². The molecule has 2 rings (SSSR count). The SMILES string of the molecule is CCc1sc(C(=O)OCC(=O)NCC(=O)Nc2ccc(F)c(F)c2F)cc1C. The highest BCUT2D eigenvalue weighted by atomic mass is 32.1. The fourth-order valence-corrected chi connectivity index (χ4v) is 3.23. The molecule has 0 saturated heterocycles. The van der Waals surface area contributed by atoms with Crippen molar-refractivity contribution < 1.29 is 32.3 Å². The number of benzene rings is 1. The van der Waals surface area contributed by atoms with Crippen LogP contribution in [0.5, 0.6) is 0 Å². The quantitative estimate of drug-likeness (QED) is 0.539. The summed E-state index contributed by atoms with van der Waals surface area (Å²) in [6.07, 6.45) is 0.776. The molecule has 0 aliphatic heterocycles. The van der Waals surface area contributed by atoms with E-state index in [1.165, 1.54) is 11.3 Å². The fourth-order valence-electron chi connectivity index (χ4n) is 2.22. The molecule has 0 aliphatic carbocycles. The van der Waals surface area contributed by atoms with Crippen LogP contribution in [0.2, 0.25) is 0 Å². The molecule has 0 atom stereocenters. The Morgan fingerprint density at radius 3 is 2.46 bits per heavy atom. The molecule has 0 spiro atoms. The molecule has 6 nitrogen and oxygen atoms in total. The Morgan fingerprint density at radius 1 is 1.11 bits per heavy atom. The number of rotatable bonds is 7. The van der Waals surface area contributed by atoms with E-state index < -0.39 is 54.1 Å². The summed E-state index contributed by atoms with van der Waals surface area (Å²) < 4.78 is 44.3. The molecule has 0 aliphatic rings. The predicted molar refractivity (Wildman–Crippen MR) is 96.7 cm³/mol. The lowest BCUT2D eigenvalue weighted by Crippen LogP contribution is -2.35. The summed E-state index contributed by atoms with van der Waals surface area (Å²) in [6, 6.07) is 3.18. The van der Waals surface area contributed by atoms with E-state index in [0.29, 0.717) is 10.9 Å². The third kappa shape index (κ3) is 5.32. The number of ether oxygens (including phenoxy) is 1. The van der Waals surface area contributed by atoms with E-state index in [4.69, 9.17) is 4.74 Å². The van der Waals surface area contributed by atoms with Gasteiger partial charge in [-0.2, -0.15) is 0 Å². The molecule has 1 aromatic carbocycles. The van der Waals surface area contributed by atoms with Gasteiger partial charge in [0, 0.05) is 4.88 Å². The Hall–Kier alpha value is -2.88. The molecule has 0 unspecified atom stereocenters. The van der Waals surface area contributed by atoms with Crippen LogP contribution in [0, 0.1) is 24.4 Å². The molecule has 10 heteroatoms. The highest BCUT2D eigenvalue weighted by molar-refractivity contribution is 7.14. The molecule has 0 radical (unpaired) electrons. The smallest absolute Gasteiger partial charge is 0.348 e. The van der Waals surface area contributed by atoms with Gasteiger partial charge >= 0.3 is 5.97 Å². The van der Waals surface area contributed by atoms with E-state index >= 15 is 0 Å². The number of anilines is 1. The van der Waals surface area contributed by atoms with Gasteiger partial charge in [-0.15, -0.1) is 11.3 Å². The zero-order chi connectivity index (χ0) is 20.8. The largest absolute Gasteiger partial charge is 0.451 e. The van der Waals surface area contributed by atoms with Crippen molar-refractivity contribution in [2.24, 2.45) is 0 Å². The van der Waals surface area contributed by atoms with Gasteiger partial charge in [0.15, 0.2) is 24.1 Å². The topological polar surface area (TPSA) is 84.5 Å². The van der Waals surface area contributed by atoms with Crippen molar-refractivity contribution >= 4 is 34.8 Å². The van der Waals surface area contributed by atoms with Crippen molar-refractivity contribution in [2.75, 3.05) is 18.5 Å². The number of halogens is 3. The van der Waals surface area contributed by atoms with Gasteiger partial charge in [0.05, 0.1) is 12.2 Å². The van der Waals surface area contributed by atoms with E-state index in [1.54, 1.807) is 6.07 Å². The highest BCUT2D eigenvalue weighted by Crippen LogP contribution is 2.23. The third-order valence-corrected chi connectivity index (χ3v) is 4.99. The summed E-state index contributed by atoms with van der Waals surface area (Å²) in [7, 11) is 0. The van der Waals surface area contributed by atoms with Crippen LogP contribution in [-0.4, -0.2) is 30.9 Å². The number of hydrogen-bond acceptors (Lipinski definition) is 5. The van der Waals surface area contributed by atoms with Gasteiger partial charge in [0.2, 0.25) is 5.91 Å². The summed E-state index contributed by atoms with van der Waals surface area (Å²) in [5.41, 5.74) is 0.398. The standard InChI is InChI=1S/C18H17F3N2O4S/c1-3-12-9(2)6-13(28-12)18(26)27-8-15(25)22-7-14(24)23-11-5-4-10(19)16(20)17(11)21/h4-6H,3,7-8H2,1-2H3,(H,22,25)(H,23,24). The number of carbonyl (C=O) groups is 3. The van der Waals surface area contributed by atoms with Crippen LogP contribution in [-0.2, 0) is 20.7 Å². The van der Waals surface area contributed by atoms with E-state index in [-0.39, 0.29) is 0 Å². The van der Waals surface area contributed by atoms with Gasteiger partial charge in [-0.05, 0) is 37.1 Å². The fraction of sp³-hybridized carbons (Fsp3) is 0.278. The second-order valence-corrected chi connectivity index (χ2v) is 6.83. The maximum Gasteiger partial charge on any atom is 0.348 e. The van der Waals surface area contributed by atoms with E-state index in [2.05, 4.69) is 5.32 Å². The van der Waals surface area contributed by atoms with Gasteiger partial charge in [0.1, 0.15) is 4.88 Å². The molecular formula is C18H17F3N2O4S. The summed E-state index contributed by atoms with van der Waals surface area (Å²) in [6.45, 7) is 2.64. The highest BCUT2D eigenvalue weighted by Gasteiger charge is 2.17. The zero-order valence-corrected chi connectivity index (χ0v) is 15.8. The average molecular weight is 414 g/mol. The Bertz CT molecular complexity index is 914. The molecule has 28 heavy (non-hydrogen) atoms. The number of esters is 1. The van der Waals surface area contributed by atoms with Gasteiger partial charge in [-0.1, -0.05) is 6.92 Å². The van der Waals surface area contributed by atoms with Crippen molar-refractivity contribution in [3.63, 3.8) is 0 Å². The Balaban J connectivity index is 1.79. The lowest BCUT2D eigenvalue weighted by Gasteiger charge is -2.08. The van der Waals surface area contributed by atoms with Gasteiger partial charge < -0.3 is 15.4 Å². The van der Waals surface area contributed by atoms with Crippen molar-refractivity contribution in [2.45, 2.75) is 20.3 Å². The summed E-state index contributed by atoms with van der Waals surface area (Å²) in [5.74, 6) is -6.94. The van der Waals surface area contributed by atoms with Crippen LogP contribution in [0.25, 0.3) is 0 Å². The summed E-state index contributed by atoms with van der Waals surface area (Å²) in [4.78, 5) is 36.7. The van der Waals surface area contributed by atoms with Gasteiger partial charge in [-0.3, -0.25) is 9.59 Å². The first kappa shape index (κ1) is 21.4. The van der Waals surface area contributed by atoms with Crippen molar-refractivity contribution in [1.82, 2.24) is 5.32 Å². The number of amides is 2. The van der Waals surface area contributed by atoms with Crippen LogP contribution in [0.3, 0.4) is 0 Å². The Kier molecular flexibility index (Phi) is 7.16. The number of carbonyl (C=O) groups excluding carboxylic acids is 3. The van der Waals surface area contributed by atoms with Crippen molar-refractivity contribution in [3.05, 3.63) is 51.0 Å². The minimum absolute atomic E-state index is 0.369. The minimum Gasteiger partial charge on any atom is -0.451 e. The molecule has 0 saturated carbocycles. The third-order valence-electron chi connectivity index (χ3n) is 3.63. The lowest BCUT2D eigenvalue weighted by molar-refractivity contribution is -0.126. The van der Waals surface area contributed by atoms with Crippen LogP contribution >= 0.6 is 11.3 Å². The van der Waals surface area contributed by atoms with Gasteiger partial charge in [-0.25, -0.2) is 18.0 Å². The molecule has 0 bridgehead atoms. The van der Waals surface area contributed by atoms with E-state index in [9.17, 15) is 27.6 Å². The predicted octanol–water partition coefficient (Wildman–Crippen LogP) is 2.95. The molecule has 2 N–H and O–H groups in total. The molecular weight excluding hydrogens is 397 g/mol. The lowest BCUT2D eigenvalue weighted by atomic mass is 10.2. The van der Waals surface area contributed by atoms with Crippen molar-refractivity contribution in [3.8, 4) is 0 Å². The molecule has 2 aromatic rings.